The number of rotatable bonds is 3. The fourth-order valence-electron chi connectivity index (χ4n) is 3.49. The molecule has 1 aliphatic rings. The molecule has 4 rings (SSSR count). The van der Waals surface area contributed by atoms with Crippen LogP contribution in [0, 0.1) is 19.8 Å². The average Bonchev–Trinajstić information content (AvgIpc) is 3.19. The van der Waals surface area contributed by atoms with E-state index in [9.17, 15) is 4.79 Å². The van der Waals surface area contributed by atoms with Crippen molar-refractivity contribution in [2.75, 3.05) is 13.1 Å². The molecule has 1 atom stereocenters. The van der Waals surface area contributed by atoms with Gasteiger partial charge in [-0.2, -0.15) is 5.10 Å². The highest BCUT2D eigenvalue weighted by Crippen LogP contribution is 2.17. The van der Waals surface area contributed by atoms with E-state index in [1.54, 1.807) is 21.8 Å². The SMILES string of the molecule is Cc1cc(C)cc(-n2ncc3c(=O)n(CC4CCNC4)cnc32)c1. The van der Waals surface area contributed by atoms with Crippen LogP contribution in [-0.2, 0) is 6.54 Å². The van der Waals surface area contributed by atoms with E-state index in [4.69, 9.17) is 0 Å². The van der Waals surface area contributed by atoms with E-state index in [-0.39, 0.29) is 5.56 Å². The molecule has 2 aromatic heterocycles. The van der Waals surface area contributed by atoms with E-state index in [0.29, 0.717) is 23.5 Å². The van der Waals surface area contributed by atoms with Crippen LogP contribution in [-0.4, -0.2) is 32.4 Å². The van der Waals surface area contributed by atoms with Crippen LogP contribution in [0.3, 0.4) is 0 Å². The molecule has 24 heavy (non-hydrogen) atoms. The van der Waals surface area contributed by atoms with Gasteiger partial charge in [-0.05, 0) is 62.5 Å². The number of hydrogen-bond acceptors (Lipinski definition) is 4. The van der Waals surface area contributed by atoms with Crippen LogP contribution in [0.4, 0.5) is 0 Å². The van der Waals surface area contributed by atoms with Gasteiger partial charge >= 0.3 is 0 Å². The minimum atomic E-state index is -0.0116. The lowest BCUT2D eigenvalue weighted by molar-refractivity contribution is 0.470. The molecule has 1 aromatic carbocycles. The zero-order valence-corrected chi connectivity index (χ0v) is 14.0. The topological polar surface area (TPSA) is 64.7 Å². The Labute approximate surface area is 140 Å². The standard InChI is InChI=1S/C18H21N5O/c1-12-5-13(2)7-15(6-12)23-17-16(9-21-23)18(24)22(11-20-17)10-14-3-4-19-8-14/h5-7,9,11,14,19H,3-4,8,10H2,1-2H3. The van der Waals surface area contributed by atoms with E-state index in [1.165, 1.54) is 0 Å². The molecule has 1 unspecified atom stereocenters. The highest BCUT2D eigenvalue weighted by atomic mass is 16.1. The van der Waals surface area contributed by atoms with Crippen molar-refractivity contribution in [2.24, 2.45) is 5.92 Å². The van der Waals surface area contributed by atoms with Gasteiger partial charge in [0.15, 0.2) is 5.65 Å². The molecular weight excluding hydrogens is 302 g/mol. The number of aromatic nitrogens is 4. The lowest BCUT2D eigenvalue weighted by Gasteiger charge is -2.11. The molecule has 0 saturated carbocycles. The maximum Gasteiger partial charge on any atom is 0.264 e. The summed E-state index contributed by atoms with van der Waals surface area (Å²) >= 11 is 0. The zero-order valence-electron chi connectivity index (χ0n) is 14.0. The lowest BCUT2D eigenvalue weighted by atomic mass is 10.1. The summed E-state index contributed by atoms with van der Waals surface area (Å²) < 4.78 is 3.46. The van der Waals surface area contributed by atoms with Gasteiger partial charge in [0, 0.05) is 6.54 Å². The summed E-state index contributed by atoms with van der Waals surface area (Å²) in [5.41, 5.74) is 3.87. The molecule has 0 bridgehead atoms. The van der Waals surface area contributed by atoms with Crippen LogP contribution in [0.2, 0.25) is 0 Å². The van der Waals surface area contributed by atoms with E-state index in [1.807, 2.05) is 0 Å². The van der Waals surface area contributed by atoms with Crippen molar-refractivity contribution in [1.82, 2.24) is 24.6 Å². The van der Waals surface area contributed by atoms with Gasteiger partial charge in [-0.25, -0.2) is 9.67 Å². The Balaban J connectivity index is 1.77. The molecule has 1 aliphatic heterocycles. The predicted octanol–water partition coefficient (Wildman–Crippen LogP) is 1.81. The summed E-state index contributed by atoms with van der Waals surface area (Å²) in [4.78, 5) is 17.3. The molecular formula is C18H21N5O. The molecule has 1 N–H and O–H groups in total. The number of fused-ring (bicyclic) bond motifs is 1. The number of benzene rings is 1. The minimum absolute atomic E-state index is 0.0116. The second-order valence-corrected chi connectivity index (χ2v) is 6.70. The van der Waals surface area contributed by atoms with Crippen molar-refractivity contribution in [3.05, 3.63) is 52.2 Å². The smallest absolute Gasteiger partial charge is 0.264 e. The third-order valence-electron chi connectivity index (χ3n) is 4.62. The third-order valence-corrected chi connectivity index (χ3v) is 4.62. The Kier molecular flexibility index (Phi) is 3.69. The number of nitrogens with one attached hydrogen (secondary N) is 1. The van der Waals surface area contributed by atoms with E-state index >= 15 is 0 Å². The monoisotopic (exact) mass is 323 g/mol. The first-order valence-electron chi connectivity index (χ1n) is 8.34. The predicted molar refractivity (Wildman–Crippen MR) is 93.6 cm³/mol. The molecule has 6 heteroatoms. The largest absolute Gasteiger partial charge is 0.316 e. The van der Waals surface area contributed by atoms with E-state index < -0.39 is 0 Å². The second kappa shape index (κ2) is 5.87. The van der Waals surface area contributed by atoms with Crippen LogP contribution < -0.4 is 10.9 Å². The van der Waals surface area contributed by atoms with E-state index in [2.05, 4.69) is 47.4 Å². The highest BCUT2D eigenvalue weighted by molar-refractivity contribution is 5.75. The van der Waals surface area contributed by atoms with Crippen LogP contribution in [0.15, 0.2) is 35.5 Å². The fraction of sp³-hybridized carbons (Fsp3) is 0.389. The number of nitrogens with zero attached hydrogens (tertiary/aromatic N) is 4. The van der Waals surface area contributed by atoms with Crippen LogP contribution in [0.25, 0.3) is 16.7 Å². The van der Waals surface area contributed by atoms with E-state index in [0.717, 1.165) is 36.3 Å². The first kappa shape index (κ1) is 15.1. The van der Waals surface area contributed by atoms with Gasteiger partial charge in [0.1, 0.15) is 5.39 Å². The minimum Gasteiger partial charge on any atom is -0.316 e. The van der Waals surface area contributed by atoms with Crippen molar-refractivity contribution in [3.63, 3.8) is 0 Å². The first-order valence-corrected chi connectivity index (χ1v) is 8.34. The Morgan fingerprint density at radius 1 is 1.25 bits per heavy atom. The summed E-state index contributed by atoms with van der Waals surface area (Å²) in [6.07, 6.45) is 4.39. The van der Waals surface area contributed by atoms with Crippen molar-refractivity contribution in [2.45, 2.75) is 26.8 Å². The summed E-state index contributed by atoms with van der Waals surface area (Å²) in [5.74, 6) is 0.497. The van der Waals surface area contributed by atoms with Gasteiger partial charge in [0.25, 0.3) is 5.56 Å². The number of hydrogen-bond donors (Lipinski definition) is 1. The molecule has 3 aromatic rings. The maximum atomic E-state index is 12.7. The Hall–Kier alpha value is -2.47. The molecule has 3 heterocycles. The lowest BCUT2D eigenvalue weighted by Crippen LogP contribution is -2.25. The second-order valence-electron chi connectivity index (χ2n) is 6.70. The Bertz CT molecular complexity index is 929. The summed E-state index contributed by atoms with van der Waals surface area (Å²) in [7, 11) is 0. The van der Waals surface area contributed by atoms with Crippen molar-refractivity contribution in [1.29, 1.82) is 0 Å². The first-order chi connectivity index (χ1) is 11.6. The highest BCUT2D eigenvalue weighted by Gasteiger charge is 2.17. The van der Waals surface area contributed by atoms with Crippen LogP contribution >= 0.6 is 0 Å². The summed E-state index contributed by atoms with van der Waals surface area (Å²) in [6, 6.07) is 6.22. The fourth-order valence-corrected chi connectivity index (χ4v) is 3.49. The van der Waals surface area contributed by atoms with Gasteiger partial charge in [-0.15, -0.1) is 0 Å². The van der Waals surface area contributed by atoms with Gasteiger partial charge in [-0.3, -0.25) is 9.36 Å². The molecule has 0 aliphatic carbocycles. The van der Waals surface area contributed by atoms with Gasteiger partial charge in [-0.1, -0.05) is 6.07 Å². The molecule has 1 fully saturated rings. The molecule has 1 saturated heterocycles. The van der Waals surface area contributed by atoms with Gasteiger partial charge in [0.05, 0.1) is 18.2 Å². The maximum absolute atomic E-state index is 12.7. The molecule has 0 radical (unpaired) electrons. The van der Waals surface area contributed by atoms with Crippen LogP contribution in [0.5, 0.6) is 0 Å². The average molecular weight is 323 g/mol. The third kappa shape index (κ3) is 2.63. The Morgan fingerprint density at radius 3 is 2.75 bits per heavy atom. The van der Waals surface area contributed by atoms with Crippen molar-refractivity contribution >= 4 is 11.0 Å². The molecule has 0 amide bonds. The molecule has 0 spiro atoms. The molecule has 124 valence electrons. The summed E-state index contributed by atoms with van der Waals surface area (Å²) in [6.45, 7) is 6.81. The zero-order chi connectivity index (χ0) is 16.7. The number of aryl methyl sites for hydroxylation is 2. The van der Waals surface area contributed by atoms with Crippen molar-refractivity contribution in [3.8, 4) is 5.69 Å². The molecule has 6 nitrogen and oxygen atoms in total. The summed E-state index contributed by atoms with van der Waals surface area (Å²) in [5, 5.41) is 8.32. The normalized spacial score (nSPS) is 17.7. The quantitative estimate of drug-likeness (QED) is 0.798. The van der Waals surface area contributed by atoms with Gasteiger partial charge in [0.2, 0.25) is 0 Å². The van der Waals surface area contributed by atoms with Crippen LogP contribution in [0.1, 0.15) is 17.5 Å². The van der Waals surface area contributed by atoms with Crippen molar-refractivity contribution < 1.29 is 0 Å². The van der Waals surface area contributed by atoms with Gasteiger partial charge < -0.3 is 5.32 Å². The Morgan fingerprint density at radius 2 is 2.04 bits per heavy atom.